The van der Waals surface area contributed by atoms with Crippen LogP contribution in [0.3, 0.4) is 0 Å². The first-order valence-corrected chi connectivity index (χ1v) is 2.15. The van der Waals surface area contributed by atoms with Gasteiger partial charge in [0, 0.05) is 12.4 Å². The summed E-state index contributed by atoms with van der Waals surface area (Å²) in [5, 5.41) is 2.77. The molecular weight excluding hydrogens is 90.1 g/mol. The summed E-state index contributed by atoms with van der Waals surface area (Å²) in [6.45, 7) is 1.83. The summed E-state index contributed by atoms with van der Waals surface area (Å²) in [4.78, 5) is 0. The zero-order valence-electron chi connectivity index (χ0n) is 4.39. The topological polar surface area (TPSA) is 64.1 Å². The van der Waals surface area contributed by atoms with Crippen molar-refractivity contribution >= 4 is 0 Å². The van der Waals surface area contributed by atoms with E-state index in [1.807, 2.05) is 6.92 Å². The van der Waals surface area contributed by atoms with Crippen LogP contribution in [0.4, 0.5) is 0 Å². The summed E-state index contributed by atoms with van der Waals surface area (Å²) in [7, 11) is 0. The van der Waals surface area contributed by atoms with Crippen LogP contribution in [0.15, 0.2) is 12.4 Å². The van der Waals surface area contributed by atoms with E-state index in [0.717, 1.165) is 0 Å². The van der Waals surface area contributed by atoms with Gasteiger partial charge in [-0.1, -0.05) is 0 Å². The summed E-state index contributed by atoms with van der Waals surface area (Å²) in [6.07, 6.45) is 2.99. The molecule has 0 saturated carbocycles. The maximum atomic E-state index is 5.26. The fourth-order valence-corrected chi connectivity index (χ4v) is 0.207. The monoisotopic (exact) mass is 101 g/mol. The van der Waals surface area contributed by atoms with Crippen LogP contribution in [0.2, 0.25) is 0 Å². The van der Waals surface area contributed by atoms with Gasteiger partial charge < -0.3 is 16.8 Å². The highest BCUT2D eigenvalue weighted by Crippen LogP contribution is 1.62. The molecular formula is C4H11N3. The zero-order chi connectivity index (χ0) is 5.70. The summed E-state index contributed by atoms with van der Waals surface area (Å²) in [5.41, 5.74) is 10.2. The van der Waals surface area contributed by atoms with Crippen molar-refractivity contribution in [3.63, 3.8) is 0 Å². The van der Waals surface area contributed by atoms with Crippen LogP contribution in [0.5, 0.6) is 0 Å². The first-order chi connectivity index (χ1) is 3.27. The van der Waals surface area contributed by atoms with Gasteiger partial charge in [0.05, 0.1) is 6.17 Å². The lowest BCUT2D eigenvalue weighted by Crippen LogP contribution is -2.29. The smallest absolute Gasteiger partial charge is 0.0709 e. The lowest BCUT2D eigenvalue weighted by molar-refractivity contribution is 0.669. The van der Waals surface area contributed by atoms with Gasteiger partial charge in [0.2, 0.25) is 0 Å². The number of hydrogen-bond acceptors (Lipinski definition) is 3. The zero-order valence-corrected chi connectivity index (χ0v) is 4.39. The Kier molecular flexibility index (Phi) is 3.14. The van der Waals surface area contributed by atoms with Crippen molar-refractivity contribution in [3.8, 4) is 0 Å². The van der Waals surface area contributed by atoms with Gasteiger partial charge >= 0.3 is 0 Å². The van der Waals surface area contributed by atoms with Crippen LogP contribution < -0.4 is 16.8 Å². The summed E-state index contributed by atoms with van der Waals surface area (Å²) in [6, 6.07) is 0. The highest BCUT2D eigenvalue weighted by Gasteiger charge is 1.79. The van der Waals surface area contributed by atoms with Crippen LogP contribution in [0.25, 0.3) is 0 Å². The van der Waals surface area contributed by atoms with Crippen LogP contribution >= 0.6 is 0 Å². The fraction of sp³-hybridized carbons (Fsp3) is 0.500. The Bertz CT molecular complexity index is 58.0. The van der Waals surface area contributed by atoms with Crippen LogP contribution in [-0.2, 0) is 0 Å². The Morgan fingerprint density at radius 2 is 2.29 bits per heavy atom. The summed E-state index contributed by atoms with van der Waals surface area (Å²) >= 11 is 0. The van der Waals surface area contributed by atoms with Crippen molar-refractivity contribution < 1.29 is 0 Å². The van der Waals surface area contributed by atoms with E-state index in [2.05, 4.69) is 5.32 Å². The third kappa shape index (κ3) is 5.30. The number of nitrogens with one attached hydrogen (secondary N) is 1. The van der Waals surface area contributed by atoms with E-state index in [0.29, 0.717) is 0 Å². The molecule has 0 aromatic rings. The van der Waals surface area contributed by atoms with Crippen molar-refractivity contribution in [1.82, 2.24) is 5.32 Å². The molecule has 3 heteroatoms. The Balaban J connectivity index is 2.97. The molecule has 0 aliphatic rings. The molecule has 42 valence electrons. The van der Waals surface area contributed by atoms with E-state index in [-0.39, 0.29) is 6.17 Å². The second kappa shape index (κ2) is 3.49. The average molecular weight is 101 g/mol. The first-order valence-electron chi connectivity index (χ1n) is 2.15. The first kappa shape index (κ1) is 6.30. The second-order valence-electron chi connectivity index (χ2n) is 1.31. The maximum absolute atomic E-state index is 5.26. The Morgan fingerprint density at radius 3 is 2.43 bits per heavy atom. The molecule has 7 heavy (non-hydrogen) atoms. The molecule has 0 aromatic heterocycles. The summed E-state index contributed by atoms with van der Waals surface area (Å²) < 4.78 is 0. The lowest BCUT2D eigenvalue weighted by atomic mass is 10.6. The van der Waals surface area contributed by atoms with Gasteiger partial charge in [-0.3, -0.25) is 0 Å². The average Bonchev–Trinajstić information content (AvgIpc) is 1.61. The van der Waals surface area contributed by atoms with E-state index in [4.69, 9.17) is 11.5 Å². The van der Waals surface area contributed by atoms with Crippen molar-refractivity contribution in [2.24, 2.45) is 11.5 Å². The van der Waals surface area contributed by atoms with E-state index in [1.54, 1.807) is 6.20 Å². The molecule has 3 nitrogen and oxygen atoms in total. The highest BCUT2D eigenvalue weighted by molar-refractivity contribution is 4.73. The van der Waals surface area contributed by atoms with Gasteiger partial charge in [0.1, 0.15) is 0 Å². The third-order valence-corrected chi connectivity index (χ3v) is 0.455. The van der Waals surface area contributed by atoms with Crippen LogP contribution in [-0.4, -0.2) is 6.17 Å². The maximum Gasteiger partial charge on any atom is 0.0709 e. The van der Waals surface area contributed by atoms with Gasteiger partial charge in [0.25, 0.3) is 0 Å². The number of hydrogen-bond donors (Lipinski definition) is 3. The SMILES string of the molecule is CC(N)NC=CN. The van der Waals surface area contributed by atoms with Crippen molar-refractivity contribution in [1.29, 1.82) is 0 Å². The Morgan fingerprint density at radius 1 is 1.71 bits per heavy atom. The largest absolute Gasteiger partial charge is 0.403 e. The second-order valence-corrected chi connectivity index (χ2v) is 1.31. The van der Waals surface area contributed by atoms with Crippen molar-refractivity contribution in [2.75, 3.05) is 0 Å². The van der Waals surface area contributed by atoms with Gasteiger partial charge in [-0.05, 0) is 6.92 Å². The van der Waals surface area contributed by atoms with E-state index >= 15 is 0 Å². The van der Waals surface area contributed by atoms with Crippen molar-refractivity contribution in [2.45, 2.75) is 13.1 Å². The Hall–Kier alpha value is -0.700. The molecule has 0 saturated heterocycles. The molecule has 0 spiro atoms. The summed E-state index contributed by atoms with van der Waals surface area (Å²) in [5.74, 6) is 0. The molecule has 1 atom stereocenters. The molecule has 0 fully saturated rings. The molecule has 1 unspecified atom stereocenters. The molecule has 0 rings (SSSR count). The normalized spacial score (nSPS) is 14.6. The molecule has 0 aromatic carbocycles. The molecule has 0 amide bonds. The van der Waals surface area contributed by atoms with Gasteiger partial charge in [-0.25, -0.2) is 0 Å². The van der Waals surface area contributed by atoms with Gasteiger partial charge in [-0.2, -0.15) is 0 Å². The van der Waals surface area contributed by atoms with Crippen LogP contribution in [0.1, 0.15) is 6.92 Å². The minimum atomic E-state index is -0.0141. The Labute approximate surface area is 43.4 Å². The molecule has 5 N–H and O–H groups in total. The predicted molar refractivity (Wildman–Crippen MR) is 30.1 cm³/mol. The number of rotatable bonds is 2. The van der Waals surface area contributed by atoms with E-state index < -0.39 is 0 Å². The van der Waals surface area contributed by atoms with E-state index in [9.17, 15) is 0 Å². The van der Waals surface area contributed by atoms with Gasteiger partial charge in [-0.15, -0.1) is 0 Å². The van der Waals surface area contributed by atoms with E-state index in [1.165, 1.54) is 6.20 Å². The molecule has 0 bridgehead atoms. The minimum Gasteiger partial charge on any atom is -0.403 e. The molecule has 0 radical (unpaired) electrons. The quantitative estimate of drug-likeness (QED) is 0.403. The molecule has 0 aliphatic carbocycles. The number of nitrogens with two attached hydrogens (primary N) is 2. The predicted octanol–water partition coefficient (Wildman–Crippen LogP) is -0.689. The van der Waals surface area contributed by atoms with Gasteiger partial charge in [0.15, 0.2) is 0 Å². The minimum absolute atomic E-state index is 0.0141. The fourth-order valence-electron chi connectivity index (χ4n) is 0.207. The molecule has 0 aliphatic heterocycles. The lowest BCUT2D eigenvalue weighted by Gasteiger charge is -2.00. The van der Waals surface area contributed by atoms with Crippen molar-refractivity contribution in [3.05, 3.63) is 12.4 Å². The third-order valence-electron chi connectivity index (χ3n) is 0.455. The molecule has 0 heterocycles. The van der Waals surface area contributed by atoms with Crippen LogP contribution in [0, 0.1) is 0 Å². The highest BCUT2D eigenvalue weighted by atomic mass is 15.0. The standard InChI is InChI=1S/C4H11N3/c1-4(6)7-3-2-5/h2-4,7H,5-6H2,1H3.